The van der Waals surface area contributed by atoms with Crippen LogP contribution in [0.4, 0.5) is 17.3 Å². The normalized spacial score (nSPS) is 15.9. The van der Waals surface area contributed by atoms with Gasteiger partial charge in [0.1, 0.15) is 29.8 Å². The van der Waals surface area contributed by atoms with E-state index in [0.29, 0.717) is 37.5 Å². The number of carbonyl (C=O) groups is 1. The lowest BCUT2D eigenvalue weighted by Crippen LogP contribution is -2.48. The van der Waals surface area contributed by atoms with Crippen molar-refractivity contribution in [1.29, 1.82) is 0 Å². The van der Waals surface area contributed by atoms with E-state index in [-0.39, 0.29) is 5.91 Å². The minimum Gasteiger partial charge on any atom is -0.353 e. The van der Waals surface area contributed by atoms with Crippen LogP contribution in [0.15, 0.2) is 55.6 Å². The SMILES string of the molecule is C=CC(=O)N1CCN(c2ccc3ncnc(Nc4ccc(CN5CCn6ncnc6C5)c(C)c4)c3n2)CC1. The molecule has 1 fully saturated rings. The van der Waals surface area contributed by atoms with E-state index in [4.69, 9.17) is 4.98 Å². The maximum atomic E-state index is 11.9. The molecule has 11 heteroatoms. The molecule has 1 saturated heterocycles. The zero-order chi connectivity index (χ0) is 26.1. The van der Waals surface area contributed by atoms with Crippen molar-refractivity contribution in [1.82, 2.24) is 39.5 Å². The van der Waals surface area contributed by atoms with Gasteiger partial charge >= 0.3 is 0 Å². The highest BCUT2D eigenvalue weighted by atomic mass is 16.2. The van der Waals surface area contributed by atoms with Crippen molar-refractivity contribution in [3.8, 4) is 0 Å². The Labute approximate surface area is 220 Å². The smallest absolute Gasteiger partial charge is 0.246 e. The maximum Gasteiger partial charge on any atom is 0.246 e. The Morgan fingerprint density at radius 2 is 1.89 bits per heavy atom. The van der Waals surface area contributed by atoms with E-state index < -0.39 is 0 Å². The summed E-state index contributed by atoms with van der Waals surface area (Å²) in [4.78, 5) is 36.5. The first kappa shape index (κ1) is 24.0. The molecular formula is C27H30N10O. The Morgan fingerprint density at radius 3 is 2.71 bits per heavy atom. The minimum atomic E-state index is -0.0299. The van der Waals surface area contributed by atoms with Gasteiger partial charge in [-0.3, -0.25) is 9.69 Å². The minimum absolute atomic E-state index is 0.0299. The Morgan fingerprint density at radius 1 is 1.03 bits per heavy atom. The molecule has 11 nitrogen and oxygen atoms in total. The van der Waals surface area contributed by atoms with Crippen molar-refractivity contribution >= 4 is 34.3 Å². The molecule has 0 spiro atoms. The molecule has 1 N–H and O–H groups in total. The zero-order valence-corrected chi connectivity index (χ0v) is 21.4. The van der Waals surface area contributed by atoms with Crippen LogP contribution in [0, 0.1) is 6.92 Å². The number of fused-ring (bicyclic) bond motifs is 2. The number of nitrogens with zero attached hydrogens (tertiary/aromatic N) is 9. The van der Waals surface area contributed by atoms with E-state index in [9.17, 15) is 4.79 Å². The summed E-state index contributed by atoms with van der Waals surface area (Å²) in [7, 11) is 0. The highest BCUT2D eigenvalue weighted by Crippen LogP contribution is 2.26. The number of hydrogen-bond acceptors (Lipinski definition) is 9. The first-order valence-electron chi connectivity index (χ1n) is 12.8. The van der Waals surface area contributed by atoms with Gasteiger partial charge in [-0.2, -0.15) is 5.10 Å². The average Bonchev–Trinajstić information content (AvgIpc) is 3.42. The van der Waals surface area contributed by atoms with Crippen molar-refractivity contribution in [3.63, 3.8) is 0 Å². The zero-order valence-electron chi connectivity index (χ0n) is 21.4. The van der Waals surface area contributed by atoms with Crippen molar-refractivity contribution in [2.45, 2.75) is 26.6 Å². The summed E-state index contributed by atoms with van der Waals surface area (Å²) in [6.07, 6.45) is 4.56. The fourth-order valence-electron chi connectivity index (χ4n) is 5.06. The second-order valence-electron chi connectivity index (χ2n) is 9.65. The first-order valence-corrected chi connectivity index (χ1v) is 12.8. The summed E-state index contributed by atoms with van der Waals surface area (Å²) >= 11 is 0. The highest BCUT2D eigenvalue weighted by molar-refractivity contribution is 5.88. The molecule has 0 atom stereocenters. The Balaban J connectivity index is 1.17. The third-order valence-electron chi connectivity index (χ3n) is 7.25. The number of anilines is 3. The summed E-state index contributed by atoms with van der Waals surface area (Å²) in [5, 5.41) is 7.72. The maximum absolute atomic E-state index is 11.9. The van der Waals surface area contributed by atoms with Crippen molar-refractivity contribution in [2.75, 3.05) is 42.9 Å². The molecule has 0 saturated carbocycles. The van der Waals surface area contributed by atoms with E-state index in [1.54, 1.807) is 12.7 Å². The van der Waals surface area contributed by atoms with Crippen LogP contribution in [0.2, 0.25) is 0 Å². The molecule has 3 aromatic heterocycles. The lowest BCUT2D eigenvalue weighted by atomic mass is 10.1. The molecule has 0 bridgehead atoms. The standard InChI is InChI=1S/C27H30N10O/c1-3-25(38)36-11-9-35(10-12-36)23-7-6-22-26(33-23)27(30-17-28-22)32-21-5-4-20(19(2)14-21)15-34-8-13-37-24(16-34)29-18-31-37/h3-7,14,17-18H,1,8-13,15-16H2,2H3,(H,28,30,32). The van der Waals surface area contributed by atoms with Gasteiger partial charge in [-0.15, -0.1) is 0 Å². The first-order chi connectivity index (χ1) is 18.6. The highest BCUT2D eigenvalue weighted by Gasteiger charge is 2.21. The fourth-order valence-corrected chi connectivity index (χ4v) is 5.06. The molecule has 0 radical (unpaired) electrons. The number of hydrogen-bond donors (Lipinski definition) is 1. The Kier molecular flexibility index (Phi) is 6.42. The topological polar surface area (TPSA) is 108 Å². The van der Waals surface area contributed by atoms with Gasteiger partial charge in [0.15, 0.2) is 5.82 Å². The monoisotopic (exact) mass is 510 g/mol. The van der Waals surface area contributed by atoms with Gasteiger partial charge in [-0.25, -0.2) is 24.6 Å². The van der Waals surface area contributed by atoms with Crippen LogP contribution in [0.5, 0.6) is 0 Å². The number of amides is 1. The van der Waals surface area contributed by atoms with Crippen LogP contribution in [0.3, 0.4) is 0 Å². The van der Waals surface area contributed by atoms with Crippen LogP contribution in [0.1, 0.15) is 17.0 Å². The van der Waals surface area contributed by atoms with Crippen molar-refractivity contribution in [3.05, 3.63) is 72.6 Å². The number of aryl methyl sites for hydroxylation is 1. The molecule has 38 heavy (non-hydrogen) atoms. The molecule has 5 heterocycles. The van der Waals surface area contributed by atoms with E-state index in [0.717, 1.165) is 49.0 Å². The van der Waals surface area contributed by atoms with Crippen LogP contribution in [0.25, 0.3) is 11.0 Å². The molecule has 0 aliphatic carbocycles. The lowest BCUT2D eigenvalue weighted by Gasteiger charge is -2.35. The largest absolute Gasteiger partial charge is 0.353 e. The van der Waals surface area contributed by atoms with Gasteiger partial charge in [-0.05, 0) is 48.4 Å². The molecule has 1 amide bonds. The number of nitrogens with one attached hydrogen (secondary N) is 1. The summed E-state index contributed by atoms with van der Waals surface area (Å²) in [6.45, 7) is 11.9. The molecule has 6 rings (SSSR count). The summed E-state index contributed by atoms with van der Waals surface area (Å²) < 4.78 is 1.98. The van der Waals surface area contributed by atoms with Gasteiger partial charge < -0.3 is 15.1 Å². The summed E-state index contributed by atoms with van der Waals surface area (Å²) in [5.41, 5.74) is 4.94. The second-order valence-corrected chi connectivity index (χ2v) is 9.65. The van der Waals surface area contributed by atoms with E-state index in [1.165, 1.54) is 17.2 Å². The third-order valence-corrected chi connectivity index (χ3v) is 7.25. The number of pyridine rings is 1. The number of piperazine rings is 1. The average molecular weight is 511 g/mol. The second kappa shape index (κ2) is 10.2. The van der Waals surface area contributed by atoms with Crippen molar-refractivity contribution < 1.29 is 4.79 Å². The number of carbonyl (C=O) groups excluding carboxylic acids is 1. The van der Waals surface area contributed by atoms with Gasteiger partial charge in [0.05, 0.1) is 18.6 Å². The van der Waals surface area contributed by atoms with E-state index >= 15 is 0 Å². The molecular weight excluding hydrogens is 480 g/mol. The molecule has 4 aromatic rings. The molecule has 2 aliphatic rings. The quantitative estimate of drug-likeness (QED) is 0.392. The van der Waals surface area contributed by atoms with Crippen LogP contribution in [-0.2, 0) is 24.4 Å². The molecule has 194 valence electrons. The summed E-state index contributed by atoms with van der Waals surface area (Å²) in [5.74, 6) is 2.50. The van der Waals surface area contributed by atoms with Gasteiger partial charge in [0.25, 0.3) is 0 Å². The number of aromatic nitrogens is 6. The van der Waals surface area contributed by atoms with E-state index in [1.807, 2.05) is 21.7 Å². The Bertz CT molecular complexity index is 1490. The van der Waals surface area contributed by atoms with Crippen LogP contribution < -0.4 is 10.2 Å². The predicted molar refractivity (Wildman–Crippen MR) is 145 cm³/mol. The molecule has 1 aromatic carbocycles. The van der Waals surface area contributed by atoms with Gasteiger partial charge in [0, 0.05) is 45.0 Å². The summed E-state index contributed by atoms with van der Waals surface area (Å²) in [6, 6.07) is 10.4. The Hall–Kier alpha value is -4.38. The number of rotatable bonds is 6. The fraction of sp³-hybridized carbons (Fsp3) is 0.333. The van der Waals surface area contributed by atoms with Crippen LogP contribution in [-0.4, -0.2) is 78.1 Å². The lowest BCUT2D eigenvalue weighted by molar-refractivity contribution is -0.126. The van der Waals surface area contributed by atoms with Crippen LogP contribution >= 0.6 is 0 Å². The van der Waals surface area contributed by atoms with E-state index in [2.05, 4.69) is 66.9 Å². The van der Waals surface area contributed by atoms with Gasteiger partial charge in [-0.1, -0.05) is 12.6 Å². The molecule has 2 aliphatic heterocycles. The predicted octanol–water partition coefficient (Wildman–Crippen LogP) is 2.52. The van der Waals surface area contributed by atoms with Crippen molar-refractivity contribution in [2.24, 2.45) is 0 Å². The number of benzene rings is 1. The molecule has 0 unspecified atom stereocenters. The third kappa shape index (κ3) is 4.80. The van der Waals surface area contributed by atoms with Gasteiger partial charge in [0.2, 0.25) is 5.91 Å².